The van der Waals surface area contributed by atoms with Crippen LogP contribution >= 0.6 is 0 Å². The molecule has 0 saturated heterocycles. The molecule has 1 atom stereocenters. The molecule has 3 heteroatoms. The van der Waals surface area contributed by atoms with Gasteiger partial charge in [-0.1, -0.05) is 42.5 Å². The first-order valence-electron chi connectivity index (χ1n) is 6.43. The zero-order valence-electron chi connectivity index (χ0n) is 11.3. The molecule has 0 radical (unpaired) electrons. The lowest BCUT2D eigenvalue weighted by atomic mass is 9.88. The van der Waals surface area contributed by atoms with Crippen molar-refractivity contribution < 1.29 is 14.3 Å². The third-order valence-electron chi connectivity index (χ3n) is 3.24. The van der Waals surface area contributed by atoms with Crippen LogP contribution in [0.2, 0.25) is 0 Å². The highest BCUT2D eigenvalue weighted by Crippen LogP contribution is 2.27. The first-order valence-corrected chi connectivity index (χ1v) is 6.43. The Balaban J connectivity index is 2.39. The number of ether oxygens (including phenoxy) is 1. The minimum absolute atomic E-state index is 0.0432. The Morgan fingerprint density at radius 1 is 1.10 bits per heavy atom. The van der Waals surface area contributed by atoms with Gasteiger partial charge in [0.15, 0.2) is 0 Å². The number of carbonyl (C=O) groups excluding carboxylic acids is 2. The molecule has 2 aromatic carbocycles. The largest absolute Gasteiger partial charge is 0.465 e. The summed E-state index contributed by atoms with van der Waals surface area (Å²) in [6, 6.07) is 17.0. The van der Waals surface area contributed by atoms with Crippen molar-refractivity contribution in [2.24, 2.45) is 0 Å². The highest BCUT2D eigenvalue weighted by molar-refractivity contribution is 5.89. The van der Waals surface area contributed by atoms with E-state index in [4.69, 9.17) is 4.74 Å². The number of hydrogen-bond acceptors (Lipinski definition) is 3. The van der Waals surface area contributed by atoms with E-state index in [0.29, 0.717) is 12.0 Å². The molecule has 3 nitrogen and oxygen atoms in total. The third-order valence-corrected chi connectivity index (χ3v) is 3.24. The smallest absolute Gasteiger partial charge is 0.337 e. The number of aldehydes is 1. The molecule has 0 saturated carbocycles. The summed E-state index contributed by atoms with van der Waals surface area (Å²) in [7, 11) is 1.36. The molecule has 0 N–H and O–H groups in total. The van der Waals surface area contributed by atoms with Crippen molar-refractivity contribution in [3.05, 3.63) is 71.3 Å². The predicted molar refractivity (Wildman–Crippen MR) is 76.7 cm³/mol. The fraction of sp³-hybridized carbons (Fsp3) is 0.176. The Morgan fingerprint density at radius 3 is 2.45 bits per heavy atom. The second kappa shape index (κ2) is 6.66. The number of carbonyl (C=O) groups is 2. The number of hydrogen-bond donors (Lipinski definition) is 0. The van der Waals surface area contributed by atoms with Gasteiger partial charge < -0.3 is 9.53 Å². The molecule has 0 aliphatic rings. The van der Waals surface area contributed by atoms with Crippen LogP contribution in [0.1, 0.15) is 33.8 Å². The van der Waals surface area contributed by atoms with E-state index in [-0.39, 0.29) is 11.9 Å². The van der Waals surface area contributed by atoms with Gasteiger partial charge in [-0.05, 0) is 23.3 Å². The normalized spacial score (nSPS) is 11.7. The van der Waals surface area contributed by atoms with Crippen molar-refractivity contribution in [1.29, 1.82) is 0 Å². The summed E-state index contributed by atoms with van der Waals surface area (Å²) in [5.41, 5.74) is 2.49. The zero-order valence-corrected chi connectivity index (χ0v) is 11.3. The van der Waals surface area contributed by atoms with Crippen LogP contribution in [-0.4, -0.2) is 19.4 Å². The molecule has 0 aromatic heterocycles. The van der Waals surface area contributed by atoms with Crippen molar-refractivity contribution in [1.82, 2.24) is 0 Å². The topological polar surface area (TPSA) is 43.4 Å². The molecule has 0 aliphatic carbocycles. The van der Waals surface area contributed by atoms with Crippen LogP contribution in [0.4, 0.5) is 0 Å². The number of benzene rings is 2. The van der Waals surface area contributed by atoms with Gasteiger partial charge in [0.05, 0.1) is 12.7 Å². The van der Waals surface area contributed by atoms with Gasteiger partial charge in [0.2, 0.25) is 0 Å². The Hall–Kier alpha value is -2.42. The summed E-state index contributed by atoms with van der Waals surface area (Å²) in [5.74, 6) is -0.414. The second-order valence-corrected chi connectivity index (χ2v) is 4.48. The fourth-order valence-corrected chi connectivity index (χ4v) is 2.25. The Morgan fingerprint density at radius 2 is 1.80 bits per heavy atom. The molecular weight excluding hydrogens is 252 g/mol. The molecular formula is C17H16O3. The molecule has 0 aliphatic heterocycles. The molecule has 0 unspecified atom stereocenters. The van der Waals surface area contributed by atoms with Crippen LogP contribution in [0.15, 0.2) is 54.6 Å². The van der Waals surface area contributed by atoms with Crippen molar-refractivity contribution >= 4 is 12.3 Å². The third kappa shape index (κ3) is 3.12. The highest BCUT2D eigenvalue weighted by atomic mass is 16.5. The molecule has 0 amide bonds. The van der Waals surface area contributed by atoms with Gasteiger partial charge in [-0.25, -0.2) is 4.79 Å². The van der Waals surface area contributed by atoms with Gasteiger partial charge in [0.1, 0.15) is 6.29 Å². The summed E-state index contributed by atoms with van der Waals surface area (Å²) in [4.78, 5) is 22.5. The van der Waals surface area contributed by atoms with E-state index in [0.717, 1.165) is 17.4 Å². The summed E-state index contributed by atoms with van der Waals surface area (Å²) < 4.78 is 4.73. The number of methoxy groups -OCH3 is 1. The minimum Gasteiger partial charge on any atom is -0.465 e. The average Bonchev–Trinajstić information content (AvgIpc) is 2.52. The van der Waals surface area contributed by atoms with Gasteiger partial charge in [-0.15, -0.1) is 0 Å². The summed E-state index contributed by atoms with van der Waals surface area (Å²) in [5, 5.41) is 0. The van der Waals surface area contributed by atoms with E-state index in [1.165, 1.54) is 7.11 Å². The zero-order chi connectivity index (χ0) is 14.4. The molecule has 2 aromatic rings. The number of rotatable bonds is 5. The lowest BCUT2D eigenvalue weighted by molar-refractivity contribution is -0.108. The highest BCUT2D eigenvalue weighted by Gasteiger charge is 2.15. The van der Waals surface area contributed by atoms with Crippen LogP contribution in [0.25, 0.3) is 0 Å². The first kappa shape index (κ1) is 14.0. The van der Waals surface area contributed by atoms with Crippen LogP contribution in [0, 0.1) is 0 Å². The van der Waals surface area contributed by atoms with E-state index >= 15 is 0 Å². The van der Waals surface area contributed by atoms with Crippen LogP contribution in [0.3, 0.4) is 0 Å². The Kier molecular flexibility index (Phi) is 4.66. The molecule has 102 valence electrons. The summed E-state index contributed by atoms with van der Waals surface area (Å²) >= 11 is 0. The lowest BCUT2D eigenvalue weighted by Gasteiger charge is -2.16. The molecule has 0 spiro atoms. The quantitative estimate of drug-likeness (QED) is 0.618. The van der Waals surface area contributed by atoms with E-state index in [9.17, 15) is 9.59 Å². The maximum absolute atomic E-state index is 11.6. The maximum atomic E-state index is 11.6. The fourth-order valence-electron chi connectivity index (χ4n) is 2.25. The van der Waals surface area contributed by atoms with Gasteiger partial charge in [0.25, 0.3) is 0 Å². The predicted octanol–water partition coefficient (Wildman–Crippen LogP) is 3.19. The van der Waals surface area contributed by atoms with Crippen LogP contribution in [-0.2, 0) is 9.53 Å². The molecule has 2 rings (SSSR count). The molecule has 0 bridgehead atoms. The van der Waals surface area contributed by atoms with Crippen LogP contribution in [0.5, 0.6) is 0 Å². The van der Waals surface area contributed by atoms with E-state index in [2.05, 4.69) is 0 Å². The first-order chi connectivity index (χ1) is 9.76. The van der Waals surface area contributed by atoms with E-state index in [1.54, 1.807) is 12.1 Å². The van der Waals surface area contributed by atoms with Gasteiger partial charge in [0, 0.05) is 12.3 Å². The monoisotopic (exact) mass is 268 g/mol. The van der Waals surface area contributed by atoms with Crippen molar-refractivity contribution in [2.75, 3.05) is 7.11 Å². The Labute approximate surface area is 118 Å². The molecule has 20 heavy (non-hydrogen) atoms. The Bertz CT molecular complexity index is 590. The van der Waals surface area contributed by atoms with Gasteiger partial charge >= 0.3 is 5.97 Å². The minimum atomic E-state index is -0.371. The SMILES string of the molecule is COC(=O)c1cccc([C@H](CC=O)c2ccccc2)c1. The average molecular weight is 268 g/mol. The van der Waals surface area contributed by atoms with Gasteiger partial charge in [-0.3, -0.25) is 0 Å². The van der Waals surface area contributed by atoms with E-state index < -0.39 is 0 Å². The van der Waals surface area contributed by atoms with Crippen molar-refractivity contribution in [3.8, 4) is 0 Å². The lowest BCUT2D eigenvalue weighted by Crippen LogP contribution is -2.06. The summed E-state index contributed by atoms with van der Waals surface area (Å²) in [6.45, 7) is 0. The van der Waals surface area contributed by atoms with E-state index in [1.807, 2.05) is 42.5 Å². The molecule has 0 fully saturated rings. The summed E-state index contributed by atoms with van der Waals surface area (Å²) in [6.07, 6.45) is 1.29. The standard InChI is InChI=1S/C17H16O3/c1-20-17(19)15-9-5-8-14(12-15)16(10-11-18)13-6-3-2-4-7-13/h2-9,11-12,16H,10H2,1H3/t16-/m1/s1. The molecule has 0 heterocycles. The van der Waals surface area contributed by atoms with Crippen LogP contribution < -0.4 is 0 Å². The number of esters is 1. The van der Waals surface area contributed by atoms with Crippen molar-refractivity contribution in [3.63, 3.8) is 0 Å². The van der Waals surface area contributed by atoms with Crippen molar-refractivity contribution in [2.45, 2.75) is 12.3 Å². The second-order valence-electron chi connectivity index (χ2n) is 4.48. The van der Waals surface area contributed by atoms with Gasteiger partial charge in [-0.2, -0.15) is 0 Å². The maximum Gasteiger partial charge on any atom is 0.337 e.